The van der Waals surface area contributed by atoms with Crippen molar-refractivity contribution in [1.29, 1.82) is 0 Å². The summed E-state index contributed by atoms with van der Waals surface area (Å²) in [5.74, 6) is 0.722. The van der Waals surface area contributed by atoms with E-state index in [-0.39, 0.29) is 12.0 Å². The van der Waals surface area contributed by atoms with Crippen molar-refractivity contribution in [3.63, 3.8) is 0 Å². The minimum atomic E-state index is -0.0330. The van der Waals surface area contributed by atoms with Gasteiger partial charge in [0.25, 0.3) is 5.91 Å². The van der Waals surface area contributed by atoms with Gasteiger partial charge in [-0.05, 0) is 35.2 Å². The number of ether oxygens (including phenoxy) is 1. The summed E-state index contributed by atoms with van der Waals surface area (Å²) >= 11 is 1.64. The molecule has 5 nitrogen and oxygen atoms in total. The Kier molecular flexibility index (Phi) is 5.35. The summed E-state index contributed by atoms with van der Waals surface area (Å²) in [6.45, 7) is 4.00. The minimum Gasteiger partial charge on any atom is -0.376 e. The second-order valence-electron chi connectivity index (χ2n) is 5.69. The van der Waals surface area contributed by atoms with E-state index >= 15 is 0 Å². The maximum absolute atomic E-state index is 12.9. The Labute approximate surface area is 140 Å². The standard InChI is InChI=1S/C17H21N3O2S/c1-2-16-18-8-14(9-19-16)17(21)20(10-13-5-7-23-12-13)11-15-4-3-6-22-15/h5,7-9,12,15H,2-4,6,10-11H2,1H3/t15-/m1/s1. The van der Waals surface area contributed by atoms with Gasteiger partial charge in [0.1, 0.15) is 5.82 Å². The highest BCUT2D eigenvalue weighted by Gasteiger charge is 2.24. The van der Waals surface area contributed by atoms with Gasteiger partial charge >= 0.3 is 0 Å². The van der Waals surface area contributed by atoms with E-state index in [2.05, 4.69) is 21.4 Å². The van der Waals surface area contributed by atoms with Crippen molar-refractivity contribution in [2.24, 2.45) is 0 Å². The lowest BCUT2D eigenvalue weighted by atomic mass is 10.2. The molecule has 3 heterocycles. The lowest BCUT2D eigenvalue weighted by molar-refractivity contribution is 0.0507. The first-order valence-corrected chi connectivity index (χ1v) is 8.93. The molecule has 23 heavy (non-hydrogen) atoms. The molecule has 6 heteroatoms. The summed E-state index contributed by atoms with van der Waals surface area (Å²) in [5.41, 5.74) is 1.68. The molecule has 0 unspecified atom stereocenters. The van der Waals surface area contributed by atoms with E-state index in [1.165, 1.54) is 0 Å². The van der Waals surface area contributed by atoms with Gasteiger partial charge in [-0.1, -0.05) is 6.92 Å². The first-order chi connectivity index (χ1) is 11.3. The van der Waals surface area contributed by atoms with Crippen LogP contribution >= 0.6 is 11.3 Å². The molecule has 1 fully saturated rings. The quantitative estimate of drug-likeness (QED) is 0.817. The van der Waals surface area contributed by atoms with Crippen LogP contribution in [0.15, 0.2) is 29.2 Å². The number of thiophene rings is 1. The zero-order valence-electron chi connectivity index (χ0n) is 13.3. The normalized spacial score (nSPS) is 17.3. The molecular weight excluding hydrogens is 310 g/mol. The fourth-order valence-corrected chi connectivity index (χ4v) is 3.35. The molecule has 3 rings (SSSR count). The van der Waals surface area contributed by atoms with Crippen molar-refractivity contribution < 1.29 is 9.53 Å². The molecule has 0 aromatic carbocycles. The van der Waals surface area contributed by atoms with Gasteiger partial charge in [-0.15, -0.1) is 0 Å². The number of carbonyl (C=O) groups is 1. The van der Waals surface area contributed by atoms with Gasteiger partial charge in [0.2, 0.25) is 0 Å². The lowest BCUT2D eigenvalue weighted by Gasteiger charge is -2.25. The Morgan fingerprint density at radius 1 is 1.43 bits per heavy atom. The van der Waals surface area contributed by atoms with Crippen LogP contribution in [0.25, 0.3) is 0 Å². The third kappa shape index (κ3) is 4.14. The second kappa shape index (κ2) is 7.66. The van der Waals surface area contributed by atoms with Gasteiger partial charge < -0.3 is 9.64 Å². The molecule has 0 radical (unpaired) electrons. The Morgan fingerprint density at radius 3 is 2.87 bits per heavy atom. The smallest absolute Gasteiger partial charge is 0.257 e. The molecule has 0 aliphatic carbocycles. The summed E-state index contributed by atoms with van der Waals surface area (Å²) in [5, 5.41) is 4.11. The number of rotatable bonds is 6. The molecule has 0 spiro atoms. The first-order valence-electron chi connectivity index (χ1n) is 7.99. The molecular formula is C17H21N3O2S. The number of hydrogen-bond donors (Lipinski definition) is 0. The van der Waals surface area contributed by atoms with Crippen molar-refractivity contribution in [2.45, 2.75) is 38.8 Å². The average molecular weight is 331 g/mol. The molecule has 122 valence electrons. The molecule has 1 atom stereocenters. The first kappa shape index (κ1) is 16.1. The van der Waals surface area contributed by atoms with E-state index in [1.807, 2.05) is 17.2 Å². The van der Waals surface area contributed by atoms with Crippen LogP contribution in [0.1, 0.15) is 41.5 Å². The van der Waals surface area contributed by atoms with Gasteiger partial charge in [0.05, 0.1) is 11.7 Å². The van der Waals surface area contributed by atoms with E-state index in [0.29, 0.717) is 18.7 Å². The minimum absolute atomic E-state index is 0.0330. The van der Waals surface area contributed by atoms with Crippen molar-refractivity contribution in [1.82, 2.24) is 14.9 Å². The van der Waals surface area contributed by atoms with Gasteiger partial charge in [-0.3, -0.25) is 4.79 Å². The van der Waals surface area contributed by atoms with Gasteiger partial charge in [0.15, 0.2) is 0 Å². The van der Waals surface area contributed by atoms with E-state index < -0.39 is 0 Å². The van der Waals surface area contributed by atoms with Crippen molar-refractivity contribution in [3.8, 4) is 0 Å². The van der Waals surface area contributed by atoms with E-state index in [1.54, 1.807) is 23.7 Å². The highest BCUT2D eigenvalue weighted by molar-refractivity contribution is 7.07. The lowest BCUT2D eigenvalue weighted by Crippen LogP contribution is -2.37. The molecule has 1 aliphatic rings. The largest absolute Gasteiger partial charge is 0.376 e. The molecule has 0 bridgehead atoms. The van der Waals surface area contributed by atoms with E-state index in [9.17, 15) is 4.79 Å². The van der Waals surface area contributed by atoms with Crippen molar-refractivity contribution >= 4 is 17.2 Å². The van der Waals surface area contributed by atoms with Crippen LogP contribution in [-0.2, 0) is 17.7 Å². The number of carbonyl (C=O) groups excluding carboxylic acids is 1. The number of hydrogen-bond acceptors (Lipinski definition) is 5. The highest BCUT2D eigenvalue weighted by Crippen LogP contribution is 2.18. The predicted molar refractivity (Wildman–Crippen MR) is 89.4 cm³/mol. The summed E-state index contributed by atoms with van der Waals surface area (Å²) in [6, 6.07) is 2.05. The maximum Gasteiger partial charge on any atom is 0.257 e. The van der Waals surface area contributed by atoms with Crippen molar-refractivity contribution in [3.05, 3.63) is 46.2 Å². The molecule has 0 saturated carbocycles. The summed E-state index contributed by atoms with van der Waals surface area (Å²) in [6.07, 6.45) is 6.24. The van der Waals surface area contributed by atoms with Gasteiger partial charge in [0, 0.05) is 38.5 Å². The number of amides is 1. The van der Waals surface area contributed by atoms with Crippen LogP contribution in [0.2, 0.25) is 0 Å². The fraction of sp³-hybridized carbons (Fsp3) is 0.471. The zero-order valence-corrected chi connectivity index (χ0v) is 14.1. The Bertz CT molecular complexity index is 622. The zero-order chi connectivity index (χ0) is 16.1. The van der Waals surface area contributed by atoms with Gasteiger partial charge in [-0.2, -0.15) is 11.3 Å². The third-order valence-corrected chi connectivity index (χ3v) is 4.69. The number of nitrogens with zero attached hydrogens (tertiary/aromatic N) is 3. The van der Waals surface area contributed by atoms with Crippen LogP contribution in [0.4, 0.5) is 0 Å². The Hall–Kier alpha value is -1.79. The second-order valence-corrected chi connectivity index (χ2v) is 6.47. The molecule has 2 aromatic heterocycles. The fourth-order valence-electron chi connectivity index (χ4n) is 2.69. The van der Waals surface area contributed by atoms with Crippen LogP contribution in [0, 0.1) is 0 Å². The van der Waals surface area contributed by atoms with Crippen LogP contribution in [-0.4, -0.2) is 40.0 Å². The Balaban J connectivity index is 1.75. The topological polar surface area (TPSA) is 55.3 Å². The van der Waals surface area contributed by atoms with Gasteiger partial charge in [-0.25, -0.2) is 9.97 Å². The highest BCUT2D eigenvalue weighted by atomic mass is 32.1. The summed E-state index contributed by atoms with van der Waals surface area (Å²) in [4.78, 5) is 23.2. The number of aryl methyl sites for hydroxylation is 1. The Morgan fingerprint density at radius 2 is 2.26 bits per heavy atom. The van der Waals surface area contributed by atoms with E-state index in [4.69, 9.17) is 4.74 Å². The summed E-state index contributed by atoms with van der Waals surface area (Å²) < 4.78 is 5.70. The SMILES string of the molecule is CCc1ncc(C(=O)N(Cc2ccsc2)C[C@H]2CCCO2)cn1. The van der Waals surface area contributed by atoms with Crippen LogP contribution < -0.4 is 0 Å². The number of aromatic nitrogens is 2. The molecule has 1 amide bonds. The molecule has 2 aromatic rings. The molecule has 1 aliphatic heterocycles. The van der Waals surface area contributed by atoms with E-state index in [0.717, 1.165) is 37.3 Å². The van der Waals surface area contributed by atoms with Crippen molar-refractivity contribution in [2.75, 3.05) is 13.2 Å². The average Bonchev–Trinajstić information content (AvgIpc) is 3.27. The molecule has 1 saturated heterocycles. The monoisotopic (exact) mass is 331 g/mol. The maximum atomic E-state index is 12.9. The van der Waals surface area contributed by atoms with Crippen LogP contribution in [0.3, 0.4) is 0 Å². The molecule has 0 N–H and O–H groups in total. The van der Waals surface area contributed by atoms with Crippen LogP contribution in [0.5, 0.6) is 0 Å². The predicted octanol–water partition coefficient (Wildman–Crippen LogP) is 2.92. The third-order valence-electron chi connectivity index (χ3n) is 3.96. The summed E-state index contributed by atoms with van der Waals surface area (Å²) in [7, 11) is 0.